The molecule has 136 valence electrons. The van der Waals surface area contributed by atoms with Crippen molar-refractivity contribution < 1.29 is 12.6 Å². The summed E-state index contributed by atoms with van der Waals surface area (Å²) in [5.41, 5.74) is 0. The Bertz CT molecular complexity index is 619. The van der Waals surface area contributed by atoms with Gasteiger partial charge in [0.25, 0.3) is 10.1 Å². The van der Waals surface area contributed by atoms with Crippen LogP contribution in [0.5, 0.6) is 0 Å². The number of unbranched alkanes of at least 4 members (excludes halogenated alkanes) is 5. The summed E-state index contributed by atoms with van der Waals surface area (Å²) in [6.07, 6.45) is 8.81. The van der Waals surface area contributed by atoms with Crippen LogP contribution in [0.4, 0.5) is 0 Å². The summed E-state index contributed by atoms with van der Waals surface area (Å²) in [4.78, 5) is 0.225. The highest BCUT2D eigenvalue weighted by Gasteiger charge is 2.62. The number of hydrogen-bond donors (Lipinski definition) is 0. The molecule has 0 bridgehead atoms. The predicted molar refractivity (Wildman–Crippen MR) is 109 cm³/mol. The average molecular weight is 547 g/mol. The molecule has 1 saturated carbocycles. The van der Waals surface area contributed by atoms with Gasteiger partial charge >= 0.3 is 0 Å². The molecule has 1 aliphatic carbocycles. The lowest BCUT2D eigenvalue weighted by Crippen LogP contribution is -2.07. The highest BCUT2D eigenvalue weighted by molar-refractivity contribution is 9.26. The third-order valence-electron chi connectivity index (χ3n) is 4.27. The standard InChI is InChI=1S/C17H23Br3O3S/c18-16(14-17(16,19)20)12-8-3-1-2-4-9-13-23-24(21,22)15-10-6-5-7-11-15/h5-7,10-11H,1-4,8-9,12-14H2. The molecule has 1 atom stereocenters. The molecule has 0 spiro atoms. The molecule has 2 rings (SSSR count). The van der Waals surface area contributed by atoms with Crippen molar-refractivity contribution in [2.24, 2.45) is 0 Å². The molecule has 0 radical (unpaired) electrons. The van der Waals surface area contributed by atoms with E-state index in [2.05, 4.69) is 47.8 Å². The van der Waals surface area contributed by atoms with Gasteiger partial charge in [0, 0.05) is 0 Å². The van der Waals surface area contributed by atoms with Gasteiger partial charge in [-0.1, -0.05) is 98.1 Å². The van der Waals surface area contributed by atoms with Crippen molar-refractivity contribution >= 4 is 57.9 Å². The zero-order chi connectivity index (χ0) is 17.7. The molecule has 1 aromatic rings. The molecular formula is C17H23Br3O3S. The van der Waals surface area contributed by atoms with E-state index in [4.69, 9.17) is 4.18 Å². The van der Waals surface area contributed by atoms with E-state index in [0.717, 1.165) is 25.7 Å². The smallest absolute Gasteiger partial charge is 0.266 e. The van der Waals surface area contributed by atoms with Gasteiger partial charge in [-0.05, 0) is 31.4 Å². The normalized spacial score (nSPS) is 22.5. The summed E-state index contributed by atoms with van der Waals surface area (Å²) >= 11 is 11.1. The Hall–Kier alpha value is 0.570. The van der Waals surface area contributed by atoms with Crippen molar-refractivity contribution in [2.75, 3.05) is 6.61 Å². The second-order valence-electron chi connectivity index (χ2n) is 6.31. The van der Waals surface area contributed by atoms with E-state index in [1.807, 2.05) is 0 Å². The third kappa shape index (κ3) is 6.08. The molecule has 0 aromatic heterocycles. The van der Waals surface area contributed by atoms with Crippen molar-refractivity contribution in [2.45, 2.75) is 63.8 Å². The molecule has 1 aromatic carbocycles. The lowest BCUT2D eigenvalue weighted by atomic mass is 10.1. The molecule has 0 heterocycles. The fourth-order valence-electron chi connectivity index (χ4n) is 2.62. The molecule has 0 amide bonds. The Balaban J connectivity index is 1.49. The van der Waals surface area contributed by atoms with Gasteiger partial charge in [-0.3, -0.25) is 4.18 Å². The van der Waals surface area contributed by atoms with Crippen LogP contribution in [-0.4, -0.2) is 22.6 Å². The van der Waals surface area contributed by atoms with E-state index in [1.54, 1.807) is 30.3 Å². The van der Waals surface area contributed by atoms with Gasteiger partial charge in [-0.2, -0.15) is 8.42 Å². The predicted octanol–water partition coefficient (Wildman–Crippen LogP) is 6.15. The zero-order valence-electron chi connectivity index (χ0n) is 13.5. The van der Waals surface area contributed by atoms with E-state index in [-0.39, 0.29) is 19.1 Å². The first kappa shape index (κ1) is 20.9. The minimum atomic E-state index is -3.60. The molecule has 1 unspecified atom stereocenters. The fraction of sp³-hybridized carbons (Fsp3) is 0.647. The van der Waals surface area contributed by atoms with Gasteiger partial charge in [-0.15, -0.1) is 0 Å². The first-order valence-electron chi connectivity index (χ1n) is 8.28. The van der Waals surface area contributed by atoms with Crippen LogP contribution >= 0.6 is 47.8 Å². The SMILES string of the molecule is O=S(=O)(OCCCCCCCCC1(Br)CC1(Br)Br)c1ccccc1. The van der Waals surface area contributed by atoms with E-state index in [9.17, 15) is 8.42 Å². The second kappa shape index (κ2) is 8.98. The maximum absolute atomic E-state index is 11.9. The van der Waals surface area contributed by atoms with Crippen LogP contribution in [-0.2, 0) is 14.3 Å². The fourth-order valence-corrected chi connectivity index (χ4v) is 6.39. The number of alkyl halides is 3. The zero-order valence-corrected chi connectivity index (χ0v) is 19.1. The number of rotatable bonds is 11. The van der Waals surface area contributed by atoms with Crippen molar-refractivity contribution in [3.05, 3.63) is 30.3 Å². The van der Waals surface area contributed by atoms with Crippen LogP contribution in [0.25, 0.3) is 0 Å². The number of halogens is 3. The van der Waals surface area contributed by atoms with E-state index < -0.39 is 10.1 Å². The van der Waals surface area contributed by atoms with Crippen molar-refractivity contribution in [1.29, 1.82) is 0 Å². The summed E-state index contributed by atoms with van der Waals surface area (Å²) in [5.74, 6) is 0. The van der Waals surface area contributed by atoms with E-state index in [0.29, 0.717) is 0 Å². The Labute approximate surface area is 170 Å². The molecule has 0 aliphatic heterocycles. The minimum absolute atomic E-state index is 0.0918. The first-order valence-corrected chi connectivity index (χ1v) is 12.1. The van der Waals surface area contributed by atoms with Gasteiger partial charge in [0.15, 0.2) is 0 Å². The molecular weight excluding hydrogens is 524 g/mol. The van der Waals surface area contributed by atoms with Crippen LogP contribution in [0.15, 0.2) is 35.2 Å². The van der Waals surface area contributed by atoms with Gasteiger partial charge in [-0.25, -0.2) is 0 Å². The third-order valence-corrected chi connectivity index (χ3v) is 10.1. The highest BCUT2D eigenvalue weighted by Crippen LogP contribution is 2.67. The van der Waals surface area contributed by atoms with Gasteiger partial charge in [0.1, 0.15) is 0 Å². The highest BCUT2D eigenvalue weighted by atomic mass is 79.9. The van der Waals surface area contributed by atoms with Crippen LogP contribution in [0.1, 0.15) is 51.4 Å². The van der Waals surface area contributed by atoms with Gasteiger partial charge < -0.3 is 0 Å². The summed E-state index contributed by atoms with van der Waals surface area (Å²) < 4.78 is 29.2. The second-order valence-corrected chi connectivity index (χ2v) is 13.2. The Kier molecular flexibility index (Phi) is 7.81. The number of hydrogen-bond acceptors (Lipinski definition) is 3. The van der Waals surface area contributed by atoms with Gasteiger partial charge in [0.2, 0.25) is 0 Å². The topological polar surface area (TPSA) is 43.4 Å². The maximum Gasteiger partial charge on any atom is 0.296 e. The van der Waals surface area contributed by atoms with Crippen LogP contribution in [0, 0.1) is 0 Å². The van der Waals surface area contributed by atoms with Crippen LogP contribution < -0.4 is 0 Å². The Morgan fingerprint density at radius 2 is 1.46 bits per heavy atom. The van der Waals surface area contributed by atoms with Crippen molar-refractivity contribution in [1.82, 2.24) is 0 Å². The number of benzene rings is 1. The molecule has 1 aliphatic rings. The van der Waals surface area contributed by atoms with Crippen LogP contribution in [0.2, 0.25) is 0 Å². The van der Waals surface area contributed by atoms with Crippen molar-refractivity contribution in [3.8, 4) is 0 Å². The lowest BCUT2D eigenvalue weighted by molar-refractivity contribution is 0.306. The summed E-state index contributed by atoms with van der Waals surface area (Å²) in [5, 5.41) is 0. The average Bonchev–Trinajstić information content (AvgIpc) is 3.04. The monoisotopic (exact) mass is 544 g/mol. The molecule has 7 heteroatoms. The van der Waals surface area contributed by atoms with Crippen LogP contribution in [0.3, 0.4) is 0 Å². The molecule has 3 nitrogen and oxygen atoms in total. The van der Waals surface area contributed by atoms with Crippen molar-refractivity contribution in [3.63, 3.8) is 0 Å². The maximum atomic E-state index is 11.9. The quantitative estimate of drug-likeness (QED) is 0.190. The minimum Gasteiger partial charge on any atom is -0.266 e. The Morgan fingerprint density at radius 1 is 0.917 bits per heavy atom. The lowest BCUT2D eigenvalue weighted by Gasteiger charge is -2.10. The van der Waals surface area contributed by atoms with E-state index in [1.165, 1.54) is 25.7 Å². The van der Waals surface area contributed by atoms with E-state index >= 15 is 0 Å². The largest absolute Gasteiger partial charge is 0.296 e. The summed E-state index contributed by atoms with van der Waals surface area (Å²) in [7, 11) is -3.60. The molecule has 1 fully saturated rings. The first-order chi connectivity index (χ1) is 11.3. The molecule has 0 N–H and O–H groups in total. The van der Waals surface area contributed by atoms with Gasteiger partial charge in [0.05, 0.1) is 19.1 Å². The summed E-state index contributed by atoms with van der Waals surface area (Å²) in [6, 6.07) is 8.30. The summed E-state index contributed by atoms with van der Waals surface area (Å²) in [6.45, 7) is 0.261. The molecule has 24 heavy (non-hydrogen) atoms. The Morgan fingerprint density at radius 3 is 2.04 bits per heavy atom. The molecule has 0 saturated heterocycles.